The molecule has 122 valence electrons. The number of carbonyl (C=O) groups excluding carboxylic acids is 1. The van der Waals surface area contributed by atoms with E-state index in [-0.39, 0.29) is 10.6 Å². The van der Waals surface area contributed by atoms with Gasteiger partial charge in [0, 0.05) is 10.6 Å². The standard InChI is InChI=1S/C16H13BrCl2O4/c1-16(21,15(20)22-2)11-7-8-12(13(17)14(11)19)23-10-5-3-9(18)4-6-10/h3-8,21H,1-2H3. The van der Waals surface area contributed by atoms with Crippen molar-refractivity contribution in [2.45, 2.75) is 12.5 Å². The highest BCUT2D eigenvalue weighted by atomic mass is 79.9. The van der Waals surface area contributed by atoms with Gasteiger partial charge in [-0.1, -0.05) is 29.3 Å². The number of benzene rings is 2. The second-order valence-corrected chi connectivity index (χ2v) is 6.47. The first-order valence-electron chi connectivity index (χ1n) is 6.50. The summed E-state index contributed by atoms with van der Waals surface area (Å²) in [6.45, 7) is 1.31. The molecule has 2 rings (SSSR count). The highest BCUT2D eigenvalue weighted by Crippen LogP contribution is 2.41. The first-order valence-corrected chi connectivity index (χ1v) is 8.05. The Bertz CT molecular complexity index is 730. The monoisotopic (exact) mass is 418 g/mol. The zero-order valence-electron chi connectivity index (χ0n) is 12.3. The van der Waals surface area contributed by atoms with E-state index in [0.717, 1.165) is 0 Å². The maximum absolute atomic E-state index is 11.7. The van der Waals surface area contributed by atoms with Crippen LogP contribution in [-0.4, -0.2) is 18.2 Å². The van der Waals surface area contributed by atoms with Crippen molar-refractivity contribution in [3.63, 3.8) is 0 Å². The van der Waals surface area contributed by atoms with Crippen molar-refractivity contribution in [2.75, 3.05) is 7.11 Å². The van der Waals surface area contributed by atoms with Crippen molar-refractivity contribution >= 4 is 45.1 Å². The Morgan fingerprint density at radius 1 is 1.17 bits per heavy atom. The summed E-state index contributed by atoms with van der Waals surface area (Å²) >= 11 is 15.4. The summed E-state index contributed by atoms with van der Waals surface area (Å²) in [4.78, 5) is 11.7. The van der Waals surface area contributed by atoms with Crippen LogP contribution in [0.4, 0.5) is 0 Å². The van der Waals surface area contributed by atoms with Crippen LogP contribution in [0.3, 0.4) is 0 Å². The Balaban J connectivity index is 2.37. The Hall–Kier alpha value is -1.27. The van der Waals surface area contributed by atoms with Crippen molar-refractivity contribution < 1.29 is 19.4 Å². The molecule has 2 aromatic rings. The molecule has 1 atom stereocenters. The molecule has 0 aliphatic rings. The number of halogens is 3. The third-order valence-corrected chi connectivity index (χ3v) is 4.86. The molecule has 1 unspecified atom stereocenters. The van der Waals surface area contributed by atoms with Crippen LogP contribution in [0, 0.1) is 0 Å². The molecule has 7 heteroatoms. The minimum atomic E-state index is -1.87. The highest BCUT2D eigenvalue weighted by molar-refractivity contribution is 9.10. The largest absolute Gasteiger partial charge is 0.467 e. The van der Waals surface area contributed by atoms with Gasteiger partial charge in [-0.2, -0.15) is 0 Å². The molecule has 0 heterocycles. The second kappa shape index (κ2) is 7.09. The van der Waals surface area contributed by atoms with Crippen molar-refractivity contribution in [2.24, 2.45) is 0 Å². The van der Waals surface area contributed by atoms with E-state index >= 15 is 0 Å². The molecule has 2 aromatic carbocycles. The van der Waals surface area contributed by atoms with Gasteiger partial charge in [0.2, 0.25) is 0 Å². The van der Waals surface area contributed by atoms with Gasteiger partial charge in [0.1, 0.15) is 11.5 Å². The normalized spacial score (nSPS) is 13.3. The Morgan fingerprint density at radius 3 is 2.35 bits per heavy atom. The van der Waals surface area contributed by atoms with E-state index < -0.39 is 11.6 Å². The van der Waals surface area contributed by atoms with Gasteiger partial charge >= 0.3 is 5.97 Å². The molecule has 0 aromatic heterocycles. The first kappa shape index (κ1) is 18.1. The van der Waals surface area contributed by atoms with Crippen LogP contribution in [0.15, 0.2) is 40.9 Å². The van der Waals surface area contributed by atoms with Crippen LogP contribution in [0.5, 0.6) is 11.5 Å². The Morgan fingerprint density at radius 2 is 1.78 bits per heavy atom. The minimum Gasteiger partial charge on any atom is -0.467 e. The summed E-state index contributed by atoms with van der Waals surface area (Å²) in [6.07, 6.45) is 0. The smallest absolute Gasteiger partial charge is 0.342 e. The number of aliphatic hydroxyl groups is 1. The molecule has 0 amide bonds. The average Bonchev–Trinajstić information content (AvgIpc) is 2.52. The van der Waals surface area contributed by atoms with E-state index in [0.29, 0.717) is 21.0 Å². The molecule has 0 radical (unpaired) electrons. The van der Waals surface area contributed by atoms with Crippen LogP contribution < -0.4 is 4.74 Å². The minimum absolute atomic E-state index is 0.159. The van der Waals surface area contributed by atoms with Crippen LogP contribution >= 0.6 is 39.1 Å². The lowest BCUT2D eigenvalue weighted by Gasteiger charge is -2.23. The lowest BCUT2D eigenvalue weighted by molar-refractivity contribution is -0.161. The molecule has 0 aliphatic heterocycles. The summed E-state index contributed by atoms with van der Waals surface area (Å²) in [5.74, 6) is 0.193. The fourth-order valence-corrected chi connectivity index (χ4v) is 2.82. The van der Waals surface area contributed by atoms with Gasteiger partial charge in [-0.15, -0.1) is 0 Å². The third-order valence-electron chi connectivity index (χ3n) is 3.20. The summed E-state index contributed by atoms with van der Waals surface area (Å²) in [5, 5.41) is 11.1. The number of carbonyl (C=O) groups is 1. The molecule has 23 heavy (non-hydrogen) atoms. The predicted molar refractivity (Wildman–Crippen MR) is 92.3 cm³/mol. The van der Waals surface area contributed by atoms with Gasteiger partial charge in [-0.3, -0.25) is 0 Å². The fourth-order valence-electron chi connectivity index (χ4n) is 1.92. The molecule has 1 N–H and O–H groups in total. The molecule has 0 fully saturated rings. The van der Waals surface area contributed by atoms with Crippen LogP contribution in [0.25, 0.3) is 0 Å². The second-order valence-electron chi connectivity index (χ2n) is 4.86. The summed E-state index contributed by atoms with van der Waals surface area (Å²) < 4.78 is 10.7. The first-order chi connectivity index (χ1) is 10.8. The molecule has 0 saturated carbocycles. The summed E-state index contributed by atoms with van der Waals surface area (Å²) in [5.41, 5.74) is -1.66. The quantitative estimate of drug-likeness (QED) is 0.714. The Kier molecular flexibility index (Phi) is 5.57. The van der Waals surface area contributed by atoms with Crippen molar-refractivity contribution in [1.29, 1.82) is 0 Å². The highest BCUT2D eigenvalue weighted by Gasteiger charge is 2.36. The topological polar surface area (TPSA) is 55.8 Å². The van der Waals surface area contributed by atoms with E-state index in [2.05, 4.69) is 20.7 Å². The summed E-state index contributed by atoms with van der Waals surface area (Å²) in [6, 6.07) is 9.92. The lowest BCUT2D eigenvalue weighted by atomic mass is 9.96. The number of hydrogen-bond acceptors (Lipinski definition) is 4. The van der Waals surface area contributed by atoms with Crippen LogP contribution in [0.2, 0.25) is 10.0 Å². The predicted octanol–water partition coefficient (Wildman–Crippen LogP) is 4.93. The van der Waals surface area contributed by atoms with Crippen molar-refractivity contribution in [3.8, 4) is 11.5 Å². The average molecular weight is 420 g/mol. The van der Waals surface area contributed by atoms with E-state index in [1.54, 1.807) is 30.3 Å². The summed E-state index contributed by atoms with van der Waals surface area (Å²) in [7, 11) is 1.19. The van der Waals surface area contributed by atoms with Gasteiger partial charge in [0.15, 0.2) is 5.60 Å². The van der Waals surface area contributed by atoms with Gasteiger partial charge in [0.05, 0.1) is 16.6 Å². The zero-order chi connectivity index (χ0) is 17.2. The third kappa shape index (κ3) is 3.80. The number of rotatable bonds is 4. The van der Waals surface area contributed by atoms with Crippen molar-refractivity contribution in [3.05, 3.63) is 56.5 Å². The molecule has 0 aliphatic carbocycles. The van der Waals surface area contributed by atoms with Gasteiger partial charge in [-0.25, -0.2) is 4.79 Å². The van der Waals surface area contributed by atoms with Crippen LogP contribution in [0.1, 0.15) is 12.5 Å². The fraction of sp³-hybridized carbons (Fsp3) is 0.188. The molecular formula is C16H13BrCl2O4. The molecule has 4 nitrogen and oxygen atoms in total. The molecular weight excluding hydrogens is 407 g/mol. The van der Waals surface area contributed by atoms with Gasteiger partial charge in [0.25, 0.3) is 0 Å². The Labute approximate surface area is 152 Å². The number of methoxy groups -OCH3 is 1. The van der Waals surface area contributed by atoms with Gasteiger partial charge < -0.3 is 14.6 Å². The molecule has 0 bridgehead atoms. The molecule has 0 spiro atoms. The lowest BCUT2D eigenvalue weighted by Crippen LogP contribution is -2.33. The maximum atomic E-state index is 11.7. The van der Waals surface area contributed by atoms with Gasteiger partial charge in [-0.05, 0) is 53.2 Å². The molecule has 0 saturated heterocycles. The zero-order valence-corrected chi connectivity index (χ0v) is 15.4. The van der Waals surface area contributed by atoms with Crippen LogP contribution in [-0.2, 0) is 15.1 Å². The maximum Gasteiger partial charge on any atom is 0.342 e. The number of esters is 1. The van der Waals surface area contributed by atoms with E-state index in [9.17, 15) is 9.90 Å². The van der Waals surface area contributed by atoms with Crippen molar-refractivity contribution in [1.82, 2.24) is 0 Å². The van der Waals surface area contributed by atoms with E-state index in [1.807, 2.05) is 0 Å². The number of hydrogen-bond donors (Lipinski definition) is 1. The van der Waals surface area contributed by atoms with E-state index in [4.69, 9.17) is 27.9 Å². The SMILES string of the molecule is COC(=O)C(C)(O)c1ccc(Oc2ccc(Cl)cc2)c(Br)c1Cl. The van der Waals surface area contributed by atoms with E-state index in [1.165, 1.54) is 20.1 Å². The number of ether oxygens (including phenoxy) is 2.